The molecule has 0 aliphatic carbocycles. The van der Waals surface area contributed by atoms with Crippen LogP contribution in [0.1, 0.15) is 21.6 Å². The molecule has 2 rings (SSSR count). The van der Waals surface area contributed by atoms with Gasteiger partial charge in [-0.15, -0.1) is 4.91 Å². The first kappa shape index (κ1) is 14.2. The highest BCUT2D eigenvalue weighted by Gasteiger charge is 2.08. The van der Waals surface area contributed by atoms with Crippen molar-refractivity contribution in [2.24, 2.45) is 5.34 Å². The molecule has 2 aromatic rings. The van der Waals surface area contributed by atoms with E-state index in [0.717, 1.165) is 11.3 Å². The van der Waals surface area contributed by atoms with Crippen LogP contribution in [0.15, 0.2) is 47.9 Å². The molecule has 6 nitrogen and oxygen atoms in total. The van der Waals surface area contributed by atoms with Gasteiger partial charge in [0.15, 0.2) is 5.34 Å². The molecule has 0 saturated heterocycles. The zero-order chi connectivity index (χ0) is 15.1. The molecule has 0 bridgehead atoms. The van der Waals surface area contributed by atoms with E-state index < -0.39 is 5.97 Å². The molecule has 0 aliphatic rings. The monoisotopic (exact) mass is 282 g/mol. The second-order valence-corrected chi connectivity index (χ2v) is 3.86. The highest BCUT2D eigenvalue weighted by molar-refractivity contribution is 5.89. The second kappa shape index (κ2) is 6.82. The molecule has 6 heteroatoms. The van der Waals surface area contributed by atoms with E-state index in [1.54, 1.807) is 31.4 Å². The van der Waals surface area contributed by atoms with Crippen LogP contribution in [-0.4, -0.2) is 18.1 Å². The van der Waals surface area contributed by atoms with Gasteiger partial charge in [0.05, 0.1) is 12.7 Å². The summed E-state index contributed by atoms with van der Waals surface area (Å²) in [5.74, 6) is 5.62. The van der Waals surface area contributed by atoms with Crippen LogP contribution in [0.3, 0.4) is 0 Å². The van der Waals surface area contributed by atoms with E-state index in [9.17, 15) is 9.70 Å². The molecule has 0 saturated carbocycles. The van der Waals surface area contributed by atoms with Gasteiger partial charge in [-0.1, -0.05) is 5.92 Å². The van der Waals surface area contributed by atoms with Crippen molar-refractivity contribution >= 4 is 5.97 Å². The number of carbonyl (C=O) groups is 1. The predicted octanol–water partition coefficient (Wildman–Crippen LogP) is 2.33. The van der Waals surface area contributed by atoms with Gasteiger partial charge in [-0.05, 0) is 42.3 Å². The fourth-order valence-corrected chi connectivity index (χ4v) is 1.52. The summed E-state index contributed by atoms with van der Waals surface area (Å²) in [6.45, 7) is 0. The molecule has 21 heavy (non-hydrogen) atoms. The quantitative estimate of drug-likeness (QED) is 0.490. The summed E-state index contributed by atoms with van der Waals surface area (Å²) >= 11 is 0. The lowest BCUT2D eigenvalue weighted by atomic mass is 10.2. The number of aromatic nitrogens is 1. The van der Waals surface area contributed by atoms with Crippen LogP contribution in [0, 0.1) is 16.7 Å². The van der Waals surface area contributed by atoms with Crippen LogP contribution in [0.2, 0.25) is 0 Å². The van der Waals surface area contributed by atoms with E-state index in [1.807, 2.05) is 0 Å². The largest absolute Gasteiger partial charge is 0.497 e. The zero-order valence-corrected chi connectivity index (χ0v) is 11.1. The van der Waals surface area contributed by atoms with Gasteiger partial charge in [0, 0.05) is 11.8 Å². The van der Waals surface area contributed by atoms with Gasteiger partial charge in [0.2, 0.25) is 0 Å². The van der Waals surface area contributed by atoms with Crippen molar-refractivity contribution in [3.05, 3.63) is 64.3 Å². The molecular formula is C15H10N2O4. The molecule has 0 N–H and O–H groups in total. The van der Waals surface area contributed by atoms with Crippen molar-refractivity contribution < 1.29 is 14.4 Å². The van der Waals surface area contributed by atoms with Gasteiger partial charge in [0.1, 0.15) is 11.4 Å². The maximum Gasteiger partial charge on any atom is 0.369 e. The van der Waals surface area contributed by atoms with Crippen LogP contribution in [0.25, 0.3) is 0 Å². The van der Waals surface area contributed by atoms with Crippen LogP contribution in [0.4, 0.5) is 0 Å². The average molecular weight is 282 g/mol. The Kier molecular flexibility index (Phi) is 4.62. The van der Waals surface area contributed by atoms with Gasteiger partial charge in [-0.3, -0.25) is 4.84 Å². The Bertz CT molecular complexity index is 714. The van der Waals surface area contributed by atoms with Crippen LogP contribution in [0.5, 0.6) is 5.75 Å². The Morgan fingerprint density at radius 3 is 2.62 bits per heavy atom. The maximum atomic E-state index is 11.3. The standard InChI is InChI=1S/C15H10N2O4/c1-20-14-6-3-11(4-7-14)2-5-13-10-12(8-9-16-13)15(18)21-17-19/h3-4,6-10H,1H3. The van der Waals surface area contributed by atoms with E-state index in [2.05, 4.69) is 27.0 Å². The van der Waals surface area contributed by atoms with E-state index in [-0.39, 0.29) is 5.56 Å². The molecule has 1 aromatic heterocycles. The normalized spacial score (nSPS) is 9.19. The van der Waals surface area contributed by atoms with E-state index in [4.69, 9.17) is 4.74 Å². The number of methoxy groups -OCH3 is 1. The zero-order valence-electron chi connectivity index (χ0n) is 11.1. The van der Waals surface area contributed by atoms with Crippen LogP contribution in [-0.2, 0) is 4.84 Å². The van der Waals surface area contributed by atoms with Gasteiger partial charge in [-0.25, -0.2) is 9.78 Å². The third-order valence-corrected chi connectivity index (χ3v) is 2.54. The minimum Gasteiger partial charge on any atom is -0.497 e. The molecule has 0 amide bonds. The van der Waals surface area contributed by atoms with Crippen molar-refractivity contribution in [2.75, 3.05) is 7.11 Å². The SMILES string of the molecule is COc1ccc(C#Cc2cc(C(=O)ON=O)ccn2)cc1. The number of ether oxygens (including phenoxy) is 1. The molecular weight excluding hydrogens is 272 g/mol. The minimum absolute atomic E-state index is 0.156. The van der Waals surface area contributed by atoms with Crippen molar-refractivity contribution in [2.45, 2.75) is 0 Å². The number of rotatable bonds is 3. The molecule has 0 aliphatic heterocycles. The van der Waals surface area contributed by atoms with Crippen molar-refractivity contribution in [3.8, 4) is 17.6 Å². The summed E-state index contributed by atoms with van der Waals surface area (Å²) < 4.78 is 5.05. The first-order chi connectivity index (χ1) is 10.2. The highest BCUT2D eigenvalue weighted by Crippen LogP contribution is 2.10. The molecule has 1 aromatic carbocycles. The van der Waals surface area contributed by atoms with Crippen molar-refractivity contribution in [3.63, 3.8) is 0 Å². The molecule has 0 fully saturated rings. The van der Waals surface area contributed by atoms with Gasteiger partial charge in [-0.2, -0.15) is 0 Å². The highest BCUT2D eigenvalue weighted by atomic mass is 16.7. The lowest BCUT2D eigenvalue weighted by Crippen LogP contribution is -2.01. The number of hydrogen-bond acceptors (Lipinski definition) is 6. The van der Waals surface area contributed by atoms with Crippen LogP contribution < -0.4 is 4.74 Å². The van der Waals surface area contributed by atoms with E-state index >= 15 is 0 Å². The van der Waals surface area contributed by atoms with E-state index in [0.29, 0.717) is 5.69 Å². The summed E-state index contributed by atoms with van der Waals surface area (Å²) in [5, 5.41) is 2.08. The first-order valence-corrected chi connectivity index (χ1v) is 5.89. The Hall–Kier alpha value is -3.20. The summed E-state index contributed by atoms with van der Waals surface area (Å²) in [4.78, 5) is 29.3. The predicted molar refractivity (Wildman–Crippen MR) is 74.4 cm³/mol. The second-order valence-electron chi connectivity index (χ2n) is 3.86. The minimum atomic E-state index is -0.847. The van der Waals surface area contributed by atoms with E-state index in [1.165, 1.54) is 18.3 Å². The Balaban J connectivity index is 2.19. The number of nitrogens with zero attached hydrogens (tertiary/aromatic N) is 2. The lowest BCUT2D eigenvalue weighted by Gasteiger charge is -1.98. The molecule has 1 heterocycles. The van der Waals surface area contributed by atoms with Crippen molar-refractivity contribution in [1.29, 1.82) is 0 Å². The fraction of sp³-hybridized carbons (Fsp3) is 0.0667. The summed E-state index contributed by atoms with van der Waals surface area (Å²) in [6.07, 6.45) is 1.40. The number of benzene rings is 1. The molecule has 0 atom stereocenters. The third-order valence-electron chi connectivity index (χ3n) is 2.54. The van der Waals surface area contributed by atoms with Gasteiger partial charge in [0.25, 0.3) is 0 Å². The Labute approximate surface area is 120 Å². The molecule has 0 spiro atoms. The summed E-state index contributed by atoms with van der Waals surface area (Å²) in [7, 11) is 1.59. The topological polar surface area (TPSA) is 77.9 Å². The summed E-state index contributed by atoms with van der Waals surface area (Å²) in [5.41, 5.74) is 1.31. The third kappa shape index (κ3) is 3.88. The molecule has 104 valence electrons. The van der Waals surface area contributed by atoms with Gasteiger partial charge >= 0.3 is 5.97 Å². The maximum absolute atomic E-state index is 11.3. The number of hydrogen-bond donors (Lipinski definition) is 0. The smallest absolute Gasteiger partial charge is 0.369 e. The summed E-state index contributed by atoms with van der Waals surface area (Å²) in [6, 6.07) is 10.0. The number of carbonyl (C=O) groups excluding carboxylic acids is 1. The first-order valence-electron chi connectivity index (χ1n) is 5.89. The van der Waals surface area contributed by atoms with Gasteiger partial charge < -0.3 is 4.74 Å². The number of pyridine rings is 1. The Morgan fingerprint density at radius 1 is 1.19 bits per heavy atom. The van der Waals surface area contributed by atoms with Crippen molar-refractivity contribution in [1.82, 2.24) is 4.98 Å². The Morgan fingerprint density at radius 2 is 1.95 bits per heavy atom. The fourth-order valence-electron chi connectivity index (χ4n) is 1.52. The molecule has 0 unspecified atom stereocenters. The lowest BCUT2D eigenvalue weighted by molar-refractivity contribution is 0.0508. The van der Waals surface area contributed by atoms with Crippen LogP contribution >= 0.6 is 0 Å². The molecule has 0 radical (unpaired) electrons. The average Bonchev–Trinajstić information content (AvgIpc) is 2.54.